The van der Waals surface area contributed by atoms with Crippen LogP contribution in [-0.4, -0.2) is 35.8 Å². The molecule has 21 heavy (non-hydrogen) atoms. The fourth-order valence-corrected chi connectivity index (χ4v) is 2.91. The number of benzene rings is 1. The summed E-state index contributed by atoms with van der Waals surface area (Å²) in [6.07, 6.45) is 1.12. The maximum Gasteiger partial charge on any atom is 0.352 e. The monoisotopic (exact) mass is 312 g/mol. The van der Waals surface area contributed by atoms with Gasteiger partial charge >= 0.3 is 5.97 Å². The van der Waals surface area contributed by atoms with Gasteiger partial charge in [-0.1, -0.05) is 12.1 Å². The van der Waals surface area contributed by atoms with Crippen LogP contribution in [0.1, 0.15) is 16.1 Å². The maximum absolute atomic E-state index is 12.8. The lowest BCUT2D eigenvalue weighted by molar-refractivity contribution is 0.0691. The molecule has 2 aromatic rings. The first-order valence-electron chi connectivity index (χ1n) is 5.93. The lowest BCUT2D eigenvalue weighted by Gasteiger charge is -2.16. The summed E-state index contributed by atoms with van der Waals surface area (Å²) in [4.78, 5) is 13.0. The standard InChI is InChI=1S/C13H13FN2O4S/c1-16(8-9-2-4-10(14)5-3-9)21(19,20)11-6-12(13(17)18)15-7-11/h2-7,15H,8H2,1H3,(H,17,18). The molecule has 0 unspecified atom stereocenters. The summed E-state index contributed by atoms with van der Waals surface area (Å²) in [7, 11) is -2.45. The van der Waals surface area contributed by atoms with Gasteiger partial charge in [0.1, 0.15) is 16.4 Å². The van der Waals surface area contributed by atoms with Crippen molar-refractivity contribution in [2.24, 2.45) is 0 Å². The molecule has 2 rings (SSSR count). The molecule has 0 fully saturated rings. The van der Waals surface area contributed by atoms with Crippen LogP contribution in [-0.2, 0) is 16.6 Å². The molecule has 0 bridgehead atoms. The van der Waals surface area contributed by atoms with Gasteiger partial charge in [-0.05, 0) is 23.8 Å². The van der Waals surface area contributed by atoms with E-state index in [9.17, 15) is 17.6 Å². The second-order valence-electron chi connectivity index (χ2n) is 4.44. The average molecular weight is 312 g/mol. The number of nitrogens with one attached hydrogen (secondary N) is 1. The predicted molar refractivity (Wildman–Crippen MR) is 72.8 cm³/mol. The minimum atomic E-state index is -3.81. The van der Waals surface area contributed by atoms with Crippen molar-refractivity contribution in [3.63, 3.8) is 0 Å². The molecule has 6 nitrogen and oxygen atoms in total. The van der Waals surface area contributed by atoms with Crippen LogP contribution in [0.3, 0.4) is 0 Å². The zero-order chi connectivity index (χ0) is 15.6. The van der Waals surface area contributed by atoms with Crippen molar-refractivity contribution < 1.29 is 22.7 Å². The van der Waals surface area contributed by atoms with Gasteiger partial charge in [0.2, 0.25) is 10.0 Å². The number of sulfonamides is 1. The quantitative estimate of drug-likeness (QED) is 0.878. The van der Waals surface area contributed by atoms with Crippen molar-refractivity contribution in [2.45, 2.75) is 11.4 Å². The molecule has 112 valence electrons. The Morgan fingerprint density at radius 3 is 2.48 bits per heavy atom. The molecule has 0 saturated carbocycles. The first-order chi connectivity index (χ1) is 9.80. The Labute approximate surface area is 120 Å². The van der Waals surface area contributed by atoms with Gasteiger partial charge in [0, 0.05) is 19.8 Å². The number of nitrogens with zero attached hydrogens (tertiary/aromatic N) is 1. The van der Waals surface area contributed by atoms with Crippen LogP contribution < -0.4 is 0 Å². The van der Waals surface area contributed by atoms with Crippen LogP contribution in [0.2, 0.25) is 0 Å². The van der Waals surface area contributed by atoms with Gasteiger partial charge in [-0.2, -0.15) is 4.31 Å². The first kappa shape index (κ1) is 15.2. The number of carbonyl (C=O) groups is 1. The molecule has 0 spiro atoms. The van der Waals surface area contributed by atoms with Crippen LogP contribution >= 0.6 is 0 Å². The molecule has 0 aliphatic rings. The first-order valence-corrected chi connectivity index (χ1v) is 7.37. The molecule has 2 N–H and O–H groups in total. The number of aromatic carboxylic acids is 1. The number of carboxylic acids is 1. The Kier molecular flexibility index (Phi) is 4.10. The fraction of sp³-hybridized carbons (Fsp3) is 0.154. The van der Waals surface area contributed by atoms with E-state index in [-0.39, 0.29) is 17.1 Å². The van der Waals surface area contributed by atoms with Crippen LogP contribution in [0, 0.1) is 5.82 Å². The summed E-state index contributed by atoms with van der Waals surface area (Å²) < 4.78 is 38.4. The van der Waals surface area contributed by atoms with Gasteiger partial charge in [-0.25, -0.2) is 17.6 Å². The van der Waals surface area contributed by atoms with E-state index in [0.29, 0.717) is 5.56 Å². The number of aromatic amines is 1. The minimum absolute atomic E-state index is 0.0518. The highest BCUT2D eigenvalue weighted by atomic mass is 32.2. The van der Waals surface area contributed by atoms with Gasteiger partial charge in [-0.15, -0.1) is 0 Å². The van der Waals surface area contributed by atoms with E-state index < -0.39 is 21.8 Å². The minimum Gasteiger partial charge on any atom is -0.477 e. The van der Waals surface area contributed by atoms with Gasteiger partial charge in [0.15, 0.2) is 0 Å². The molecule has 0 aliphatic carbocycles. The average Bonchev–Trinajstić information content (AvgIpc) is 2.91. The smallest absolute Gasteiger partial charge is 0.352 e. The van der Waals surface area contributed by atoms with Crippen LogP contribution in [0.5, 0.6) is 0 Å². The van der Waals surface area contributed by atoms with Crippen LogP contribution in [0.25, 0.3) is 0 Å². The van der Waals surface area contributed by atoms with Crippen molar-refractivity contribution in [3.05, 3.63) is 53.6 Å². The Hall–Kier alpha value is -2.19. The third kappa shape index (κ3) is 3.29. The topological polar surface area (TPSA) is 90.5 Å². The molecule has 0 amide bonds. The third-order valence-corrected chi connectivity index (χ3v) is 4.69. The molecule has 8 heteroatoms. The fourth-order valence-electron chi connectivity index (χ4n) is 1.76. The summed E-state index contributed by atoms with van der Waals surface area (Å²) in [5, 5.41) is 8.79. The lowest BCUT2D eigenvalue weighted by atomic mass is 10.2. The van der Waals surface area contributed by atoms with Gasteiger partial charge in [0.05, 0.1) is 0 Å². The molecule has 1 aromatic carbocycles. The molecular formula is C13H13FN2O4S. The summed E-state index contributed by atoms with van der Waals surface area (Å²) >= 11 is 0. The molecule has 1 aromatic heterocycles. The Morgan fingerprint density at radius 2 is 1.95 bits per heavy atom. The highest BCUT2D eigenvalue weighted by molar-refractivity contribution is 7.89. The second-order valence-corrected chi connectivity index (χ2v) is 6.49. The van der Waals surface area contributed by atoms with E-state index in [4.69, 9.17) is 5.11 Å². The summed E-state index contributed by atoms with van der Waals surface area (Å²) in [5.41, 5.74) is 0.417. The summed E-state index contributed by atoms with van der Waals surface area (Å²) in [6.45, 7) is 0.0518. The molecule has 1 heterocycles. The maximum atomic E-state index is 12.8. The summed E-state index contributed by atoms with van der Waals surface area (Å²) in [5.74, 6) is -1.64. The van der Waals surface area contributed by atoms with E-state index in [0.717, 1.165) is 16.6 Å². The number of rotatable bonds is 5. The largest absolute Gasteiger partial charge is 0.477 e. The van der Waals surface area contributed by atoms with Crippen molar-refractivity contribution in [3.8, 4) is 0 Å². The Balaban J connectivity index is 2.21. The second kappa shape index (κ2) is 5.66. The highest BCUT2D eigenvalue weighted by Crippen LogP contribution is 2.18. The van der Waals surface area contributed by atoms with Gasteiger partial charge in [-0.3, -0.25) is 0 Å². The molecule has 0 aliphatic heterocycles. The third-order valence-electron chi connectivity index (χ3n) is 2.91. The lowest BCUT2D eigenvalue weighted by Crippen LogP contribution is -2.26. The van der Waals surface area contributed by atoms with Crippen molar-refractivity contribution in [1.29, 1.82) is 0 Å². The Morgan fingerprint density at radius 1 is 1.33 bits per heavy atom. The predicted octanol–water partition coefficient (Wildman–Crippen LogP) is 1.67. The van der Waals surface area contributed by atoms with Crippen molar-refractivity contribution >= 4 is 16.0 Å². The van der Waals surface area contributed by atoms with E-state index in [2.05, 4.69) is 4.98 Å². The number of hydrogen-bond donors (Lipinski definition) is 2. The van der Waals surface area contributed by atoms with E-state index in [1.165, 1.54) is 31.3 Å². The number of aromatic nitrogens is 1. The number of hydrogen-bond acceptors (Lipinski definition) is 3. The van der Waals surface area contributed by atoms with Gasteiger partial charge in [0.25, 0.3) is 0 Å². The SMILES string of the molecule is CN(Cc1ccc(F)cc1)S(=O)(=O)c1c[nH]c(C(=O)O)c1. The Bertz CT molecular complexity index is 753. The van der Waals surface area contributed by atoms with Crippen LogP contribution in [0.4, 0.5) is 4.39 Å². The zero-order valence-electron chi connectivity index (χ0n) is 11.1. The van der Waals surface area contributed by atoms with E-state index in [1.54, 1.807) is 0 Å². The van der Waals surface area contributed by atoms with Crippen molar-refractivity contribution in [2.75, 3.05) is 7.05 Å². The normalized spacial score (nSPS) is 11.8. The number of halogens is 1. The highest BCUT2D eigenvalue weighted by Gasteiger charge is 2.23. The summed E-state index contributed by atoms with van der Waals surface area (Å²) in [6, 6.07) is 6.52. The number of H-pyrrole nitrogens is 1. The number of carboxylic acid groups (broad SMARTS) is 1. The zero-order valence-corrected chi connectivity index (χ0v) is 11.9. The molecule has 0 saturated heterocycles. The van der Waals surface area contributed by atoms with E-state index in [1.807, 2.05) is 0 Å². The molecular weight excluding hydrogens is 299 g/mol. The molecule has 0 atom stereocenters. The van der Waals surface area contributed by atoms with Gasteiger partial charge < -0.3 is 10.1 Å². The van der Waals surface area contributed by atoms with E-state index >= 15 is 0 Å². The van der Waals surface area contributed by atoms with Crippen LogP contribution in [0.15, 0.2) is 41.4 Å². The molecule has 0 radical (unpaired) electrons. The van der Waals surface area contributed by atoms with Crippen molar-refractivity contribution in [1.82, 2.24) is 9.29 Å².